The third kappa shape index (κ3) is 2.68. The lowest BCUT2D eigenvalue weighted by Crippen LogP contribution is -2.29. The lowest BCUT2D eigenvalue weighted by Gasteiger charge is -2.13. The third-order valence-electron chi connectivity index (χ3n) is 2.59. The van der Waals surface area contributed by atoms with Gasteiger partial charge >= 0.3 is 0 Å². The van der Waals surface area contributed by atoms with Crippen LogP contribution in [0.5, 0.6) is 0 Å². The first-order chi connectivity index (χ1) is 9.13. The van der Waals surface area contributed by atoms with Crippen LogP contribution in [0.25, 0.3) is 0 Å². The molecule has 2 rings (SSSR count). The second-order valence-electron chi connectivity index (χ2n) is 3.87. The van der Waals surface area contributed by atoms with E-state index in [0.29, 0.717) is 5.82 Å². The van der Waals surface area contributed by atoms with E-state index in [1.807, 2.05) is 0 Å². The number of aromatic nitrogens is 3. The number of rotatable bonds is 4. The van der Waals surface area contributed by atoms with E-state index < -0.39 is 11.7 Å². The van der Waals surface area contributed by atoms with E-state index in [4.69, 9.17) is 5.84 Å². The van der Waals surface area contributed by atoms with Crippen LogP contribution in [-0.4, -0.2) is 21.1 Å². The van der Waals surface area contributed by atoms with E-state index in [1.54, 1.807) is 6.92 Å². The zero-order valence-electron chi connectivity index (χ0n) is 10.1. The van der Waals surface area contributed by atoms with Crippen molar-refractivity contribution >= 4 is 11.6 Å². The monoisotopic (exact) mass is 264 g/mol. The Morgan fingerprint density at radius 3 is 2.95 bits per heavy atom. The van der Waals surface area contributed by atoms with Crippen LogP contribution in [0.1, 0.15) is 29.1 Å². The molecule has 2 aromatic rings. The SMILES string of the molecule is CC(NC(=O)c1cccc(F)c1NN)c1ncn[nH]1. The van der Waals surface area contributed by atoms with Crippen molar-refractivity contribution in [3.63, 3.8) is 0 Å². The first kappa shape index (κ1) is 13.0. The van der Waals surface area contributed by atoms with Gasteiger partial charge in [-0.3, -0.25) is 15.7 Å². The maximum Gasteiger partial charge on any atom is 0.254 e. The average molecular weight is 264 g/mol. The molecule has 0 aliphatic carbocycles. The number of anilines is 1. The Labute approximate surface area is 108 Å². The number of benzene rings is 1. The molecule has 0 aliphatic rings. The van der Waals surface area contributed by atoms with Crippen LogP contribution in [0.15, 0.2) is 24.5 Å². The molecule has 1 amide bonds. The van der Waals surface area contributed by atoms with Gasteiger partial charge in [0.25, 0.3) is 5.91 Å². The van der Waals surface area contributed by atoms with Gasteiger partial charge in [-0.15, -0.1) is 0 Å². The summed E-state index contributed by atoms with van der Waals surface area (Å²) in [5, 5.41) is 9.00. The van der Waals surface area contributed by atoms with Gasteiger partial charge in [0.05, 0.1) is 17.3 Å². The number of para-hydroxylation sites is 1. The summed E-state index contributed by atoms with van der Waals surface area (Å²) in [6.45, 7) is 1.73. The highest BCUT2D eigenvalue weighted by atomic mass is 19.1. The number of carbonyl (C=O) groups excluding carboxylic acids is 1. The van der Waals surface area contributed by atoms with Gasteiger partial charge in [0.15, 0.2) is 0 Å². The molecule has 1 unspecified atom stereocenters. The Hall–Kier alpha value is -2.48. The molecular weight excluding hydrogens is 251 g/mol. The smallest absolute Gasteiger partial charge is 0.254 e. The molecule has 7 nitrogen and oxygen atoms in total. The Bertz CT molecular complexity index is 571. The van der Waals surface area contributed by atoms with Gasteiger partial charge in [0.2, 0.25) is 0 Å². The average Bonchev–Trinajstić information content (AvgIpc) is 2.92. The summed E-state index contributed by atoms with van der Waals surface area (Å²) in [6.07, 6.45) is 1.34. The van der Waals surface area contributed by atoms with Crippen LogP contribution in [0.3, 0.4) is 0 Å². The number of hydrogen-bond acceptors (Lipinski definition) is 5. The Kier molecular flexibility index (Phi) is 3.71. The van der Waals surface area contributed by atoms with Crippen molar-refractivity contribution in [2.75, 3.05) is 5.43 Å². The Balaban J connectivity index is 2.19. The second kappa shape index (κ2) is 5.44. The number of nitrogen functional groups attached to an aromatic ring is 1. The highest BCUT2D eigenvalue weighted by Crippen LogP contribution is 2.19. The molecule has 0 fully saturated rings. The third-order valence-corrected chi connectivity index (χ3v) is 2.59. The maximum atomic E-state index is 13.5. The number of nitrogens with two attached hydrogens (primary N) is 1. The molecule has 0 saturated carbocycles. The quantitative estimate of drug-likeness (QED) is 0.480. The number of carbonyl (C=O) groups is 1. The van der Waals surface area contributed by atoms with E-state index in [-0.39, 0.29) is 17.3 Å². The van der Waals surface area contributed by atoms with Crippen LogP contribution < -0.4 is 16.6 Å². The molecule has 0 saturated heterocycles. The van der Waals surface area contributed by atoms with Crippen molar-refractivity contribution in [1.82, 2.24) is 20.5 Å². The standard InChI is InChI=1S/C11H13FN6O/c1-6(10-14-5-15-18-10)16-11(19)7-3-2-4-8(12)9(7)17-13/h2-6,17H,13H2,1H3,(H,16,19)(H,14,15,18). The largest absolute Gasteiger partial charge is 0.342 e. The normalized spacial score (nSPS) is 11.9. The first-order valence-electron chi connectivity index (χ1n) is 5.54. The molecule has 8 heteroatoms. The van der Waals surface area contributed by atoms with Crippen LogP contribution >= 0.6 is 0 Å². The number of hydrazine groups is 1. The lowest BCUT2D eigenvalue weighted by molar-refractivity contribution is 0.0938. The fourth-order valence-corrected chi connectivity index (χ4v) is 1.63. The molecule has 1 heterocycles. The van der Waals surface area contributed by atoms with Crippen LogP contribution in [0, 0.1) is 5.82 Å². The molecule has 0 bridgehead atoms. The topological polar surface area (TPSA) is 109 Å². The van der Waals surface area contributed by atoms with Crippen molar-refractivity contribution < 1.29 is 9.18 Å². The van der Waals surface area contributed by atoms with Crippen molar-refractivity contribution in [2.45, 2.75) is 13.0 Å². The van der Waals surface area contributed by atoms with E-state index in [2.05, 4.69) is 25.9 Å². The number of nitrogens with zero attached hydrogens (tertiary/aromatic N) is 2. The summed E-state index contributed by atoms with van der Waals surface area (Å²) in [6, 6.07) is 3.74. The minimum atomic E-state index is -0.595. The van der Waals surface area contributed by atoms with Crippen LogP contribution in [-0.2, 0) is 0 Å². The van der Waals surface area contributed by atoms with Gasteiger partial charge in [-0.05, 0) is 19.1 Å². The molecule has 1 atom stereocenters. The zero-order valence-corrected chi connectivity index (χ0v) is 10.1. The summed E-state index contributed by atoms with van der Waals surface area (Å²) in [4.78, 5) is 16.0. The number of H-pyrrole nitrogens is 1. The zero-order chi connectivity index (χ0) is 13.8. The lowest BCUT2D eigenvalue weighted by atomic mass is 10.1. The number of nitrogens with one attached hydrogen (secondary N) is 3. The number of halogens is 1. The highest BCUT2D eigenvalue weighted by Gasteiger charge is 2.17. The molecule has 0 spiro atoms. The van der Waals surface area contributed by atoms with Gasteiger partial charge in [0.1, 0.15) is 18.0 Å². The fourth-order valence-electron chi connectivity index (χ4n) is 1.63. The molecule has 0 aliphatic heterocycles. The van der Waals surface area contributed by atoms with Gasteiger partial charge < -0.3 is 10.7 Å². The second-order valence-corrected chi connectivity index (χ2v) is 3.87. The minimum absolute atomic E-state index is 0.0511. The summed E-state index contributed by atoms with van der Waals surface area (Å²) < 4.78 is 13.5. The van der Waals surface area contributed by atoms with Gasteiger partial charge in [-0.1, -0.05) is 6.07 Å². The maximum absolute atomic E-state index is 13.5. The van der Waals surface area contributed by atoms with Gasteiger partial charge in [0, 0.05) is 0 Å². The molecule has 5 N–H and O–H groups in total. The first-order valence-corrected chi connectivity index (χ1v) is 5.54. The summed E-state index contributed by atoms with van der Waals surface area (Å²) in [5.74, 6) is 4.67. The van der Waals surface area contributed by atoms with Crippen LogP contribution in [0.2, 0.25) is 0 Å². The van der Waals surface area contributed by atoms with E-state index in [1.165, 1.54) is 24.5 Å². The predicted molar refractivity (Wildman–Crippen MR) is 66.5 cm³/mol. The van der Waals surface area contributed by atoms with E-state index in [0.717, 1.165) is 0 Å². The minimum Gasteiger partial charge on any atom is -0.342 e. The van der Waals surface area contributed by atoms with Crippen molar-refractivity contribution in [3.05, 3.63) is 41.7 Å². The van der Waals surface area contributed by atoms with Crippen LogP contribution in [0.4, 0.5) is 10.1 Å². The molecule has 19 heavy (non-hydrogen) atoms. The Morgan fingerprint density at radius 1 is 1.53 bits per heavy atom. The predicted octanol–water partition coefficient (Wildman–Crippen LogP) is 0.720. The molecule has 100 valence electrons. The molecule has 0 radical (unpaired) electrons. The summed E-state index contributed by atoms with van der Waals surface area (Å²) >= 11 is 0. The van der Waals surface area contributed by atoms with Gasteiger partial charge in [-0.25, -0.2) is 9.37 Å². The summed E-state index contributed by atoms with van der Waals surface area (Å²) in [5.41, 5.74) is 2.25. The summed E-state index contributed by atoms with van der Waals surface area (Å²) in [7, 11) is 0. The Morgan fingerprint density at radius 2 is 2.32 bits per heavy atom. The number of aromatic amines is 1. The van der Waals surface area contributed by atoms with Crippen molar-refractivity contribution in [2.24, 2.45) is 5.84 Å². The van der Waals surface area contributed by atoms with Crippen molar-refractivity contribution in [1.29, 1.82) is 0 Å². The van der Waals surface area contributed by atoms with E-state index in [9.17, 15) is 9.18 Å². The molecule has 1 aromatic carbocycles. The molecular formula is C11H13FN6O. The fraction of sp³-hybridized carbons (Fsp3) is 0.182. The van der Waals surface area contributed by atoms with Gasteiger partial charge in [-0.2, -0.15) is 5.10 Å². The van der Waals surface area contributed by atoms with E-state index >= 15 is 0 Å². The number of amides is 1. The van der Waals surface area contributed by atoms with Crippen molar-refractivity contribution in [3.8, 4) is 0 Å². The number of hydrogen-bond donors (Lipinski definition) is 4. The molecule has 1 aromatic heterocycles. The highest BCUT2D eigenvalue weighted by molar-refractivity contribution is 5.99.